The molecule has 0 N–H and O–H groups in total. The molecule has 0 saturated carbocycles. The highest BCUT2D eigenvalue weighted by atomic mass is 16.6. The van der Waals surface area contributed by atoms with Gasteiger partial charge in [-0.3, -0.25) is 10.1 Å². The minimum Gasteiger partial charge on any atom is -0.303 e. The molecule has 0 aromatic heterocycles. The largest absolute Gasteiger partial charge is 0.303 e. The maximum Gasteiger partial charge on any atom is 0.216 e. The molecule has 0 aliphatic heterocycles. The van der Waals surface area contributed by atoms with Crippen LogP contribution in [-0.2, 0) is 0 Å². The number of likely N-dealkylation sites (N-methyl/N-ethyl adjacent to an activating group) is 1. The Morgan fingerprint density at radius 3 is 2.25 bits per heavy atom. The molecule has 0 saturated heterocycles. The van der Waals surface area contributed by atoms with Gasteiger partial charge in [0.1, 0.15) is 0 Å². The fourth-order valence-electron chi connectivity index (χ4n) is 0.282. The molecule has 0 spiro atoms. The standard InChI is InChI=1S/C4H10N2O2/c1-5(2)3-4-6(7)8/h3-4H2,1-2H3. The lowest BCUT2D eigenvalue weighted by Crippen LogP contribution is -2.20. The van der Waals surface area contributed by atoms with Gasteiger partial charge in [0.05, 0.1) is 6.54 Å². The summed E-state index contributed by atoms with van der Waals surface area (Å²) in [5, 5.41) is 9.68. The summed E-state index contributed by atoms with van der Waals surface area (Å²) < 4.78 is 0. The maximum absolute atomic E-state index is 9.68. The third-order valence-electron chi connectivity index (χ3n) is 0.730. The molecule has 0 radical (unpaired) electrons. The van der Waals surface area contributed by atoms with Crippen molar-refractivity contribution < 1.29 is 4.92 Å². The first-order valence-electron chi connectivity index (χ1n) is 2.39. The van der Waals surface area contributed by atoms with Crippen LogP contribution in [0.1, 0.15) is 0 Å². The van der Waals surface area contributed by atoms with E-state index in [9.17, 15) is 10.1 Å². The monoisotopic (exact) mass is 118 g/mol. The molecule has 0 rings (SSSR count). The van der Waals surface area contributed by atoms with Gasteiger partial charge in [0.15, 0.2) is 0 Å². The number of hydrogen-bond donors (Lipinski definition) is 0. The Bertz CT molecular complexity index is 82.1. The molecule has 0 aromatic carbocycles. The quantitative estimate of drug-likeness (QED) is 0.381. The Kier molecular flexibility index (Phi) is 3.10. The van der Waals surface area contributed by atoms with E-state index in [1.165, 1.54) is 0 Å². The second-order valence-electron chi connectivity index (χ2n) is 1.86. The Labute approximate surface area is 48.2 Å². The van der Waals surface area contributed by atoms with Gasteiger partial charge < -0.3 is 4.90 Å². The Hall–Kier alpha value is -0.640. The van der Waals surface area contributed by atoms with Crippen molar-refractivity contribution in [3.63, 3.8) is 0 Å². The van der Waals surface area contributed by atoms with E-state index in [1.807, 2.05) is 14.1 Å². The zero-order valence-electron chi connectivity index (χ0n) is 5.13. The van der Waals surface area contributed by atoms with E-state index >= 15 is 0 Å². The number of nitrogens with zero attached hydrogens (tertiary/aromatic N) is 2. The average Bonchev–Trinajstić information content (AvgIpc) is 1.61. The lowest BCUT2D eigenvalue weighted by molar-refractivity contribution is -0.479. The van der Waals surface area contributed by atoms with Gasteiger partial charge in [-0.15, -0.1) is 0 Å². The molecule has 0 aromatic rings. The van der Waals surface area contributed by atoms with Crippen molar-refractivity contribution in [1.29, 1.82) is 0 Å². The minimum atomic E-state index is -0.319. The summed E-state index contributed by atoms with van der Waals surface area (Å²) in [6, 6.07) is 0. The van der Waals surface area contributed by atoms with E-state index in [-0.39, 0.29) is 11.5 Å². The molecule has 48 valence electrons. The Morgan fingerprint density at radius 2 is 2.12 bits per heavy atom. The van der Waals surface area contributed by atoms with Crippen LogP contribution in [0.25, 0.3) is 0 Å². The molecule has 0 aliphatic rings. The van der Waals surface area contributed by atoms with Gasteiger partial charge >= 0.3 is 0 Å². The second kappa shape index (κ2) is 3.37. The van der Waals surface area contributed by atoms with Crippen LogP contribution in [0.5, 0.6) is 0 Å². The zero-order valence-corrected chi connectivity index (χ0v) is 5.13. The zero-order chi connectivity index (χ0) is 6.57. The van der Waals surface area contributed by atoms with Gasteiger partial charge in [0.2, 0.25) is 6.54 Å². The van der Waals surface area contributed by atoms with Crippen molar-refractivity contribution in [1.82, 2.24) is 4.90 Å². The lowest BCUT2D eigenvalue weighted by atomic mass is 10.6. The number of hydrogen-bond acceptors (Lipinski definition) is 3. The maximum atomic E-state index is 9.68. The molecule has 4 nitrogen and oxygen atoms in total. The predicted octanol–water partition coefficient (Wildman–Crippen LogP) is -0.175. The van der Waals surface area contributed by atoms with Crippen molar-refractivity contribution in [3.8, 4) is 0 Å². The summed E-state index contributed by atoms with van der Waals surface area (Å²) in [4.78, 5) is 11.1. The van der Waals surface area contributed by atoms with Crippen molar-refractivity contribution in [3.05, 3.63) is 10.1 Å². The third-order valence-corrected chi connectivity index (χ3v) is 0.730. The van der Waals surface area contributed by atoms with Crippen LogP contribution in [0, 0.1) is 10.1 Å². The van der Waals surface area contributed by atoms with Gasteiger partial charge in [-0.2, -0.15) is 0 Å². The summed E-state index contributed by atoms with van der Waals surface area (Å²) in [6.07, 6.45) is 0. The first-order valence-corrected chi connectivity index (χ1v) is 2.39. The van der Waals surface area contributed by atoms with E-state index < -0.39 is 0 Å². The Balaban J connectivity index is 3.05. The second-order valence-corrected chi connectivity index (χ2v) is 1.86. The highest BCUT2D eigenvalue weighted by Gasteiger charge is 1.95. The third kappa shape index (κ3) is 5.36. The lowest BCUT2D eigenvalue weighted by Gasteiger charge is -2.02. The smallest absolute Gasteiger partial charge is 0.216 e. The molecule has 0 fully saturated rings. The Morgan fingerprint density at radius 1 is 1.62 bits per heavy atom. The minimum absolute atomic E-state index is 0.0347. The summed E-state index contributed by atoms with van der Waals surface area (Å²) in [5.74, 6) is 0. The molecule has 0 amide bonds. The highest BCUT2D eigenvalue weighted by Crippen LogP contribution is 1.73. The summed E-state index contributed by atoms with van der Waals surface area (Å²) in [6.45, 7) is 0.556. The first kappa shape index (κ1) is 7.36. The van der Waals surface area contributed by atoms with Crippen LogP contribution in [0.3, 0.4) is 0 Å². The molecule has 0 atom stereocenters. The molecular weight excluding hydrogens is 108 g/mol. The molecule has 0 bridgehead atoms. The normalized spacial score (nSPS) is 9.88. The van der Waals surface area contributed by atoms with Crippen LogP contribution in [0.4, 0.5) is 0 Å². The van der Waals surface area contributed by atoms with Crippen LogP contribution < -0.4 is 0 Å². The summed E-state index contributed by atoms with van der Waals surface area (Å²) in [5.41, 5.74) is 0. The fourth-order valence-corrected chi connectivity index (χ4v) is 0.282. The molecule has 0 aliphatic carbocycles. The van der Waals surface area contributed by atoms with Gasteiger partial charge in [0, 0.05) is 4.92 Å². The highest BCUT2D eigenvalue weighted by molar-refractivity contribution is 4.36. The van der Waals surface area contributed by atoms with E-state index in [1.54, 1.807) is 4.90 Å². The molecule has 4 heteroatoms. The number of rotatable bonds is 3. The van der Waals surface area contributed by atoms with Crippen molar-refractivity contribution in [2.24, 2.45) is 0 Å². The van der Waals surface area contributed by atoms with Crippen molar-refractivity contribution >= 4 is 0 Å². The topological polar surface area (TPSA) is 46.4 Å². The fraction of sp³-hybridized carbons (Fsp3) is 1.00. The predicted molar refractivity (Wildman–Crippen MR) is 30.4 cm³/mol. The van der Waals surface area contributed by atoms with Gasteiger partial charge in [-0.1, -0.05) is 0 Å². The van der Waals surface area contributed by atoms with Crippen LogP contribution in [-0.4, -0.2) is 37.0 Å². The molecule has 8 heavy (non-hydrogen) atoms. The number of nitro groups is 1. The molecular formula is C4H10N2O2. The van der Waals surface area contributed by atoms with E-state index in [4.69, 9.17) is 0 Å². The van der Waals surface area contributed by atoms with Gasteiger partial charge in [-0.05, 0) is 14.1 Å². The van der Waals surface area contributed by atoms with E-state index in [2.05, 4.69) is 0 Å². The van der Waals surface area contributed by atoms with Crippen LogP contribution >= 0.6 is 0 Å². The molecule has 0 unspecified atom stereocenters. The van der Waals surface area contributed by atoms with E-state index in [0.717, 1.165) is 0 Å². The van der Waals surface area contributed by atoms with Crippen LogP contribution in [0.15, 0.2) is 0 Å². The SMILES string of the molecule is CN(C)CC[N+](=O)[O-]. The van der Waals surface area contributed by atoms with Crippen LogP contribution in [0.2, 0.25) is 0 Å². The summed E-state index contributed by atoms with van der Waals surface area (Å²) >= 11 is 0. The first-order chi connectivity index (χ1) is 3.63. The van der Waals surface area contributed by atoms with Gasteiger partial charge in [-0.25, -0.2) is 0 Å². The van der Waals surface area contributed by atoms with E-state index in [0.29, 0.717) is 6.54 Å². The van der Waals surface area contributed by atoms with Crippen molar-refractivity contribution in [2.45, 2.75) is 0 Å². The van der Waals surface area contributed by atoms with Gasteiger partial charge in [0.25, 0.3) is 0 Å². The van der Waals surface area contributed by atoms with Crippen molar-refractivity contribution in [2.75, 3.05) is 27.2 Å². The summed E-state index contributed by atoms with van der Waals surface area (Å²) in [7, 11) is 3.62. The molecule has 0 heterocycles. The average molecular weight is 118 g/mol.